The number of amides is 2. The Bertz CT molecular complexity index is 678. The van der Waals surface area contributed by atoms with Gasteiger partial charge in [-0.25, -0.2) is 0 Å². The van der Waals surface area contributed by atoms with Gasteiger partial charge in [-0.15, -0.1) is 0 Å². The highest BCUT2D eigenvalue weighted by atomic mass is 16.2. The quantitative estimate of drug-likeness (QED) is 0.891. The minimum atomic E-state index is -0.0917. The molecular formula is C18H18N2O2. The maximum absolute atomic E-state index is 12.0. The van der Waals surface area contributed by atoms with E-state index < -0.39 is 0 Å². The molecule has 0 spiro atoms. The molecule has 1 aliphatic rings. The first-order valence-corrected chi connectivity index (χ1v) is 7.45. The molecule has 22 heavy (non-hydrogen) atoms. The van der Waals surface area contributed by atoms with Gasteiger partial charge in [0.25, 0.3) is 5.91 Å². The van der Waals surface area contributed by atoms with Crippen LogP contribution >= 0.6 is 0 Å². The lowest BCUT2D eigenvalue weighted by Crippen LogP contribution is -2.25. The molecular weight excluding hydrogens is 276 g/mol. The lowest BCUT2D eigenvalue weighted by molar-refractivity contribution is -0.115. The summed E-state index contributed by atoms with van der Waals surface area (Å²) in [7, 11) is 0. The van der Waals surface area contributed by atoms with E-state index in [1.54, 1.807) is 24.3 Å². The SMILES string of the molecule is O=C(Cc1ccccc1)Nc1cccc(C(=O)NC2CC2)c1. The fraction of sp³-hybridized carbons (Fsp3) is 0.222. The van der Waals surface area contributed by atoms with Gasteiger partial charge in [0.15, 0.2) is 0 Å². The highest BCUT2D eigenvalue weighted by Crippen LogP contribution is 2.20. The first-order chi connectivity index (χ1) is 10.7. The van der Waals surface area contributed by atoms with Crippen LogP contribution in [0.5, 0.6) is 0 Å². The molecule has 0 unspecified atom stereocenters. The van der Waals surface area contributed by atoms with Gasteiger partial charge in [-0.05, 0) is 36.6 Å². The molecule has 1 fully saturated rings. The highest BCUT2D eigenvalue weighted by Gasteiger charge is 2.23. The number of carbonyl (C=O) groups excluding carboxylic acids is 2. The molecule has 2 aromatic rings. The number of nitrogens with one attached hydrogen (secondary N) is 2. The summed E-state index contributed by atoms with van der Waals surface area (Å²) in [5, 5.41) is 5.77. The molecule has 3 rings (SSSR count). The van der Waals surface area contributed by atoms with Crippen LogP contribution in [0.3, 0.4) is 0 Å². The summed E-state index contributed by atoms with van der Waals surface area (Å²) in [5.41, 5.74) is 2.18. The van der Waals surface area contributed by atoms with Crippen LogP contribution in [0.4, 0.5) is 5.69 Å². The van der Waals surface area contributed by atoms with Crippen molar-refractivity contribution in [3.05, 3.63) is 65.7 Å². The molecule has 0 aliphatic heterocycles. The van der Waals surface area contributed by atoms with Crippen molar-refractivity contribution in [2.75, 3.05) is 5.32 Å². The molecule has 1 saturated carbocycles. The summed E-state index contributed by atoms with van der Waals surface area (Å²) < 4.78 is 0. The monoisotopic (exact) mass is 294 g/mol. The van der Waals surface area contributed by atoms with Gasteiger partial charge in [-0.3, -0.25) is 9.59 Å². The van der Waals surface area contributed by atoms with Crippen LogP contribution in [0.1, 0.15) is 28.8 Å². The second-order valence-electron chi connectivity index (χ2n) is 5.54. The standard InChI is InChI=1S/C18H18N2O2/c21-17(11-13-5-2-1-3-6-13)19-16-8-4-7-14(12-16)18(22)20-15-9-10-15/h1-8,12,15H,9-11H2,(H,19,21)(H,20,22). The van der Waals surface area contributed by atoms with E-state index in [2.05, 4.69) is 10.6 Å². The van der Waals surface area contributed by atoms with Crippen molar-refractivity contribution in [1.82, 2.24) is 5.32 Å². The largest absolute Gasteiger partial charge is 0.349 e. The van der Waals surface area contributed by atoms with Gasteiger partial charge in [0.2, 0.25) is 5.91 Å². The average Bonchev–Trinajstić information content (AvgIpc) is 3.32. The summed E-state index contributed by atoms with van der Waals surface area (Å²) in [6.07, 6.45) is 2.43. The molecule has 0 radical (unpaired) electrons. The number of hydrogen-bond donors (Lipinski definition) is 2. The molecule has 1 aliphatic carbocycles. The van der Waals surface area contributed by atoms with E-state index >= 15 is 0 Å². The van der Waals surface area contributed by atoms with Gasteiger partial charge in [-0.1, -0.05) is 36.4 Å². The molecule has 0 saturated heterocycles. The van der Waals surface area contributed by atoms with Crippen LogP contribution < -0.4 is 10.6 Å². The normalized spacial score (nSPS) is 13.5. The van der Waals surface area contributed by atoms with Crippen LogP contribution in [0.25, 0.3) is 0 Å². The summed E-state index contributed by atoms with van der Waals surface area (Å²) in [4.78, 5) is 24.0. The van der Waals surface area contributed by atoms with Crippen molar-refractivity contribution in [1.29, 1.82) is 0 Å². The van der Waals surface area contributed by atoms with Gasteiger partial charge < -0.3 is 10.6 Å². The number of carbonyl (C=O) groups is 2. The third-order valence-electron chi connectivity index (χ3n) is 3.53. The van der Waals surface area contributed by atoms with Crippen LogP contribution in [0.2, 0.25) is 0 Å². The van der Waals surface area contributed by atoms with Gasteiger partial charge in [0, 0.05) is 17.3 Å². The van der Waals surface area contributed by atoms with E-state index in [9.17, 15) is 9.59 Å². The van der Waals surface area contributed by atoms with Gasteiger partial charge in [0.05, 0.1) is 6.42 Å². The zero-order valence-corrected chi connectivity index (χ0v) is 12.2. The zero-order valence-electron chi connectivity index (χ0n) is 12.2. The van der Waals surface area contributed by atoms with E-state index in [-0.39, 0.29) is 11.8 Å². The van der Waals surface area contributed by atoms with Crippen molar-refractivity contribution < 1.29 is 9.59 Å². The van der Waals surface area contributed by atoms with Crippen LogP contribution in [-0.2, 0) is 11.2 Å². The molecule has 0 aromatic heterocycles. The first-order valence-electron chi connectivity index (χ1n) is 7.45. The molecule has 2 N–H and O–H groups in total. The Labute approximate surface area is 129 Å². The minimum Gasteiger partial charge on any atom is -0.349 e. The van der Waals surface area contributed by atoms with E-state index in [0.29, 0.717) is 23.7 Å². The van der Waals surface area contributed by atoms with Crippen molar-refractivity contribution >= 4 is 17.5 Å². The van der Waals surface area contributed by atoms with E-state index in [0.717, 1.165) is 18.4 Å². The van der Waals surface area contributed by atoms with Crippen molar-refractivity contribution in [3.63, 3.8) is 0 Å². The smallest absolute Gasteiger partial charge is 0.251 e. The Balaban J connectivity index is 1.62. The number of rotatable bonds is 5. The fourth-order valence-electron chi connectivity index (χ4n) is 2.22. The lowest BCUT2D eigenvalue weighted by Gasteiger charge is -2.08. The predicted molar refractivity (Wildman–Crippen MR) is 85.7 cm³/mol. The van der Waals surface area contributed by atoms with E-state index in [1.807, 2.05) is 30.3 Å². The predicted octanol–water partition coefficient (Wildman–Crippen LogP) is 2.76. The Morgan fingerprint density at radius 1 is 1.00 bits per heavy atom. The second-order valence-corrected chi connectivity index (χ2v) is 5.54. The van der Waals surface area contributed by atoms with Crippen molar-refractivity contribution in [2.24, 2.45) is 0 Å². The maximum Gasteiger partial charge on any atom is 0.251 e. The minimum absolute atomic E-state index is 0.0818. The zero-order chi connectivity index (χ0) is 15.4. The van der Waals surface area contributed by atoms with Crippen LogP contribution in [-0.4, -0.2) is 17.9 Å². The number of benzene rings is 2. The lowest BCUT2D eigenvalue weighted by atomic mass is 10.1. The summed E-state index contributed by atoms with van der Waals surface area (Å²) in [5.74, 6) is -0.174. The maximum atomic E-state index is 12.0. The molecule has 0 bridgehead atoms. The van der Waals surface area contributed by atoms with Gasteiger partial charge in [0.1, 0.15) is 0 Å². The molecule has 0 atom stereocenters. The average molecular weight is 294 g/mol. The van der Waals surface area contributed by atoms with Crippen LogP contribution in [0.15, 0.2) is 54.6 Å². The summed E-state index contributed by atoms with van der Waals surface area (Å²) in [6, 6.07) is 16.9. The number of anilines is 1. The van der Waals surface area contributed by atoms with Gasteiger partial charge in [-0.2, -0.15) is 0 Å². The Morgan fingerprint density at radius 3 is 2.50 bits per heavy atom. The van der Waals surface area contributed by atoms with E-state index in [1.165, 1.54) is 0 Å². The first kappa shape index (κ1) is 14.3. The molecule has 112 valence electrons. The molecule has 4 nitrogen and oxygen atoms in total. The van der Waals surface area contributed by atoms with Gasteiger partial charge >= 0.3 is 0 Å². The molecule has 2 aromatic carbocycles. The molecule has 0 heterocycles. The topological polar surface area (TPSA) is 58.2 Å². The molecule has 2 amide bonds. The Hall–Kier alpha value is -2.62. The second kappa shape index (κ2) is 6.43. The Morgan fingerprint density at radius 2 is 1.77 bits per heavy atom. The third-order valence-corrected chi connectivity index (χ3v) is 3.53. The van der Waals surface area contributed by atoms with Crippen LogP contribution in [0, 0.1) is 0 Å². The van der Waals surface area contributed by atoms with Crippen molar-refractivity contribution in [2.45, 2.75) is 25.3 Å². The van der Waals surface area contributed by atoms with E-state index in [4.69, 9.17) is 0 Å². The number of hydrogen-bond acceptors (Lipinski definition) is 2. The Kier molecular flexibility index (Phi) is 4.19. The highest BCUT2D eigenvalue weighted by molar-refractivity contribution is 5.97. The van der Waals surface area contributed by atoms with Crippen molar-refractivity contribution in [3.8, 4) is 0 Å². The fourth-order valence-corrected chi connectivity index (χ4v) is 2.22. The molecule has 4 heteroatoms. The third kappa shape index (κ3) is 3.95. The summed E-state index contributed by atoms with van der Waals surface area (Å²) >= 11 is 0. The summed E-state index contributed by atoms with van der Waals surface area (Å²) in [6.45, 7) is 0.